The molecule has 6 nitrogen and oxygen atoms in total. The van der Waals surface area contributed by atoms with Gasteiger partial charge in [0.2, 0.25) is 5.91 Å². The van der Waals surface area contributed by atoms with E-state index in [0.29, 0.717) is 13.1 Å². The van der Waals surface area contributed by atoms with E-state index in [0.717, 1.165) is 25.3 Å². The Labute approximate surface area is 127 Å². The molecule has 1 rings (SSSR count). The van der Waals surface area contributed by atoms with Crippen LogP contribution in [0.1, 0.15) is 11.3 Å². The first-order chi connectivity index (χ1) is 9.99. The molecule has 0 bridgehead atoms. The first kappa shape index (κ1) is 17.6. The molecular formula is C15H27N5O. The summed E-state index contributed by atoms with van der Waals surface area (Å²) in [5, 5.41) is 6.51. The van der Waals surface area contributed by atoms with Gasteiger partial charge in [-0.05, 0) is 31.8 Å². The molecule has 0 spiro atoms. The van der Waals surface area contributed by atoms with Gasteiger partial charge in [0.05, 0.1) is 12.2 Å². The smallest absolute Gasteiger partial charge is 0.236 e. The van der Waals surface area contributed by atoms with Crippen molar-refractivity contribution < 1.29 is 4.79 Å². The monoisotopic (exact) mass is 293 g/mol. The van der Waals surface area contributed by atoms with E-state index < -0.39 is 0 Å². The van der Waals surface area contributed by atoms with Crippen LogP contribution in [0.2, 0.25) is 0 Å². The highest BCUT2D eigenvalue weighted by Crippen LogP contribution is 2.01. The Morgan fingerprint density at radius 2 is 1.95 bits per heavy atom. The molecule has 21 heavy (non-hydrogen) atoms. The molecule has 6 heteroatoms. The summed E-state index contributed by atoms with van der Waals surface area (Å²) in [5.41, 5.74) is 2.16. The van der Waals surface area contributed by atoms with E-state index in [4.69, 9.17) is 0 Å². The zero-order chi connectivity index (χ0) is 15.7. The SMILES string of the molecule is CN(C)CCNCc1ccnc(CNCC(=O)N(C)C)c1. The number of hydrogen-bond acceptors (Lipinski definition) is 5. The summed E-state index contributed by atoms with van der Waals surface area (Å²) in [6.07, 6.45) is 1.81. The summed E-state index contributed by atoms with van der Waals surface area (Å²) in [4.78, 5) is 19.5. The second-order valence-electron chi connectivity index (χ2n) is 5.53. The zero-order valence-electron chi connectivity index (χ0n) is 13.5. The van der Waals surface area contributed by atoms with Crippen LogP contribution in [0.3, 0.4) is 0 Å². The lowest BCUT2D eigenvalue weighted by atomic mass is 10.2. The predicted molar refractivity (Wildman–Crippen MR) is 84.9 cm³/mol. The topological polar surface area (TPSA) is 60.5 Å². The zero-order valence-corrected chi connectivity index (χ0v) is 13.5. The summed E-state index contributed by atoms with van der Waals surface area (Å²) < 4.78 is 0. The Balaban J connectivity index is 2.33. The number of hydrogen-bond donors (Lipinski definition) is 2. The highest BCUT2D eigenvalue weighted by molar-refractivity contribution is 5.77. The Morgan fingerprint density at radius 1 is 1.19 bits per heavy atom. The minimum absolute atomic E-state index is 0.0662. The fourth-order valence-corrected chi connectivity index (χ4v) is 1.73. The molecule has 0 saturated carbocycles. The third-order valence-electron chi connectivity index (χ3n) is 3.03. The first-order valence-corrected chi connectivity index (χ1v) is 7.19. The van der Waals surface area contributed by atoms with Gasteiger partial charge in [-0.2, -0.15) is 0 Å². The molecule has 0 atom stereocenters. The van der Waals surface area contributed by atoms with Gasteiger partial charge >= 0.3 is 0 Å². The van der Waals surface area contributed by atoms with Crippen LogP contribution in [0.15, 0.2) is 18.3 Å². The summed E-state index contributed by atoms with van der Waals surface area (Å²) in [7, 11) is 7.63. The molecular weight excluding hydrogens is 266 g/mol. The van der Waals surface area contributed by atoms with Gasteiger partial charge in [-0.1, -0.05) is 0 Å². The number of rotatable bonds is 9. The van der Waals surface area contributed by atoms with Gasteiger partial charge in [0.25, 0.3) is 0 Å². The molecule has 0 saturated heterocycles. The third-order valence-corrected chi connectivity index (χ3v) is 3.03. The van der Waals surface area contributed by atoms with E-state index in [9.17, 15) is 4.79 Å². The van der Waals surface area contributed by atoms with Gasteiger partial charge in [0, 0.05) is 46.5 Å². The Hall–Kier alpha value is -1.50. The van der Waals surface area contributed by atoms with Crippen LogP contribution < -0.4 is 10.6 Å². The highest BCUT2D eigenvalue weighted by atomic mass is 16.2. The van der Waals surface area contributed by atoms with Crippen LogP contribution in [-0.2, 0) is 17.9 Å². The maximum absolute atomic E-state index is 11.5. The van der Waals surface area contributed by atoms with Crippen LogP contribution in [0.25, 0.3) is 0 Å². The van der Waals surface area contributed by atoms with Crippen molar-refractivity contribution in [2.24, 2.45) is 0 Å². The van der Waals surface area contributed by atoms with Crippen molar-refractivity contribution in [3.63, 3.8) is 0 Å². The molecule has 1 aromatic heterocycles. The Bertz CT molecular complexity index is 434. The van der Waals surface area contributed by atoms with Crippen molar-refractivity contribution in [1.82, 2.24) is 25.4 Å². The van der Waals surface area contributed by atoms with Gasteiger partial charge in [0.1, 0.15) is 0 Å². The first-order valence-electron chi connectivity index (χ1n) is 7.19. The minimum Gasteiger partial charge on any atom is -0.348 e. The molecule has 1 amide bonds. The molecule has 0 aliphatic rings. The number of carbonyl (C=O) groups excluding carboxylic acids is 1. The largest absolute Gasteiger partial charge is 0.348 e. The van der Waals surface area contributed by atoms with Crippen LogP contribution in [-0.4, -0.2) is 68.5 Å². The quantitative estimate of drug-likeness (QED) is 0.623. The van der Waals surface area contributed by atoms with Gasteiger partial charge in [-0.25, -0.2) is 0 Å². The van der Waals surface area contributed by atoms with Crippen LogP contribution in [0.4, 0.5) is 0 Å². The van der Waals surface area contributed by atoms with Crippen molar-refractivity contribution in [2.45, 2.75) is 13.1 Å². The Morgan fingerprint density at radius 3 is 2.62 bits per heavy atom. The van der Waals surface area contributed by atoms with Crippen molar-refractivity contribution in [1.29, 1.82) is 0 Å². The predicted octanol–water partition coefficient (Wildman–Crippen LogP) is -0.0894. The highest BCUT2D eigenvalue weighted by Gasteiger charge is 2.03. The average molecular weight is 293 g/mol. The maximum Gasteiger partial charge on any atom is 0.236 e. The molecule has 1 aromatic rings. The summed E-state index contributed by atoms with van der Waals surface area (Å²) in [6, 6.07) is 4.08. The molecule has 0 aromatic carbocycles. The second kappa shape index (κ2) is 9.44. The molecule has 0 aliphatic carbocycles. The van der Waals surface area contributed by atoms with Gasteiger partial charge in [0.15, 0.2) is 0 Å². The molecule has 0 unspecified atom stereocenters. The number of aromatic nitrogens is 1. The molecule has 2 N–H and O–H groups in total. The van der Waals surface area contributed by atoms with Crippen molar-refractivity contribution in [2.75, 3.05) is 47.8 Å². The van der Waals surface area contributed by atoms with Gasteiger partial charge in [-0.15, -0.1) is 0 Å². The van der Waals surface area contributed by atoms with Crippen molar-refractivity contribution in [3.05, 3.63) is 29.6 Å². The van der Waals surface area contributed by atoms with Crippen LogP contribution in [0.5, 0.6) is 0 Å². The number of pyridine rings is 1. The molecule has 0 aliphatic heterocycles. The molecule has 0 radical (unpaired) electrons. The Kier molecular flexibility index (Phi) is 7.89. The van der Waals surface area contributed by atoms with E-state index in [2.05, 4.69) is 40.7 Å². The summed E-state index contributed by atoms with van der Waals surface area (Å²) in [5.74, 6) is 0.0662. The lowest BCUT2D eigenvalue weighted by Crippen LogP contribution is -2.32. The van der Waals surface area contributed by atoms with Crippen LogP contribution in [0, 0.1) is 0 Å². The van der Waals surface area contributed by atoms with E-state index in [-0.39, 0.29) is 5.91 Å². The van der Waals surface area contributed by atoms with E-state index >= 15 is 0 Å². The van der Waals surface area contributed by atoms with Crippen molar-refractivity contribution >= 4 is 5.91 Å². The van der Waals surface area contributed by atoms with E-state index in [1.54, 1.807) is 19.0 Å². The van der Waals surface area contributed by atoms with Gasteiger partial charge < -0.3 is 20.4 Å². The molecule has 118 valence electrons. The molecule has 0 fully saturated rings. The fraction of sp³-hybridized carbons (Fsp3) is 0.600. The number of nitrogens with zero attached hydrogens (tertiary/aromatic N) is 3. The standard InChI is InChI=1S/C15H27N5O/c1-19(2)8-7-16-10-13-5-6-18-14(9-13)11-17-12-15(21)20(3)4/h5-6,9,16-17H,7-8,10-12H2,1-4H3. The van der Waals surface area contributed by atoms with E-state index in [1.165, 1.54) is 5.56 Å². The summed E-state index contributed by atoms with van der Waals surface area (Å²) in [6.45, 7) is 3.75. The second-order valence-corrected chi connectivity index (χ2v) is 5.53. The minimum atomic E-state index is 0.0662. The number of nitrogens with one attached hydrogen (secondary N) is 2. The lowest BCUT2D eigenvalue weighted by molar-refractivity contribution is -0.127. The number of carbonyl (C=O) groups is 1. The van der Waals surface area contributed by atoms with E-state index in [1.807, 2.05) is 12.3 Å². The van der Waals surface area contributed by atoms with Crippen LogP contribution >= 0.6 is 0 Å². The normalized spacial score (nSPS) is 10.9. The van der Waals surface area contributed by atoms with Gasteiger partial charge in [-0.3, -0.25) is 9.78 Å². The lowest BCUT2D eigenvalue weighted by Gasteiger charge is -2.12. The fourth-order valence-electron chi connectivity index (χ4n) is 1.73. The maximum atomic E-state index is 11.5. The summed E-state index contributed by atoms with van der Waals surface area (Å²) >= 11 is 0. The molecule has 1 heterocycles. The van der Waals surface area contributed by atoms with Crippen molar-refractivity contribution in [3.8, 4) is 0 Å². The number of likely N-dealkylation sites (N-methyl/N-ethyl adjacent to an activating group) is 2. The number of amides is 1. The third kappa shape index (κ3) is 7.75. The average Bonchev–Trinajstić information content (AvgIpc) is 2.43.